The average molecular weight is 339 g/mol. The van der Waals surface area contributed by atoms with E-state index >= 15 is 0 Å². The molecule has 0 amide bonds. The summed E-state index contributed by atoms with van der Waals surface area (Å²) >= 11 is 3.42. The van der Waals surface area contributed by atoms with Crippen LogP contribution in [0.1, 0.15) is 5.56 Å². The van der Waals surface area contributed by atoms with Crippen molar-refractivity contribution in [2.24, 2.45) is 0 Å². The highest BCUT2D eigenvalue weighted by molar-refractivity contribution is 9.10. The van der Waals surface area contributed by atoms with Crippen LogP contribution in [0.25, 0.3) is 16.8 Å². The minimum Gasteiger partial charge on any atom is -0.398 e. The van der Waals surface area contributed by atoms with Gasteiger partial charge in [0, 0.05) is 27.5 Å². The number of rotatable bonds is 2. The first-order chi connectivity index (χ1) is 10.2. The second-order valence-corrected chi connectivity index (χ2v) is 5.45. The van der Waals surface area contributed by atoms with Gasteiger partial charge < -0.3 is 5.73 Å². The Balaban J connectivity index is 2.10. The highest BCUT2D eigenvalue weighted by atomic mass is 79.9. The molecule has 0 saturated heterocycles. The molecule has 0 aliphatic carbocycles. The van der Waals surface area contributed by atoms with Crippen molar-refractivity contribution in [3.05, 3.63) is 64.9 Å². The Morgan fingerprint density at radius 2 is 2.00 bits per heavy atom. The van der Waals surface area contributed by atoms with Crippen LogP contribution in [0.5, 0.6) is 0 Å². The van der Waals surface area contributed by atoms with Crippen LogP contribution >= 0.6 is 15.9 Å². The minimum atomic E-state index is 0.564. The van der Waals surface area contributed by atoms with Crippen LogP contribution in [-0.4, -0.2) is 9.78 Å². The molecule has 0 fully saturated rings. The molecule has 0 atom stereocenters. The van der Waals surface area contributed by atoms with Crippen molar-refractivity contribution in [2.75, 3.05) is 5.73 Å². The van der Waals surface area contributed by atoms with Crippen LogP contribution in [0.4, 0.5) is 5.69 Å². The third-order valence-electron chi connectivity index (χ3n) is 3.18. The van der Waals surface area contributed by atoms with E-state index in [1.165, 1.54) is 0 Å². The van der Waals surface area contributed by atoms with Gasteiger partial charge in [0.1, 0.15) is 6.07 Å². The largest absolute Gasteiger partial charge is 0.398 e. The third kappa shape index (κ3) is 2.54. The van der Waals surface area contributed by atoms with Crippen LogP contribution in [0.2, 0.25) is 0 Å². The molecule has 5 heteroatoms. The molecule has 0 bridgehead atoms. The molecule has 3 rings (SSSR count). The predicted octanol–water partition coefficient (Wildman–Crippen LogP) is 3.76. The fourth-order valence-corrected chi connectivity index (χ4v) is 2.49. The fraction of sp³-hybridized carbons (Fsp3) is 0. The van der Waals surface area contributed by atoms with Crippen LogP contribution in [0.15, 0.2) is 59.3 Å². The van der Waals surface area contributed by atoms with E-state index in [-0.39, 0.29) is 0 Å². The van der Waals surface area contributed by atoms with Crippen molar-refractivity contribution in [3.8, 4) is 22.9 Å². The van der Waals surface area contributed by atoms with E-state index in [2.05, 4.69) is 27.1 Å². The summed E-state index contributed by atoms with van der Waals surface area (Å²) in [6.07, 6.45) is 3.61. The summed E-state index contributed by atoms with van der Waals surface area (Å²) < 4.78 is 2.58. The van der Waals surface area contributed by atoms with Gasteiger partial charge in [-0.25, -0.2) is 4.68 Å². The quantitative estimate of drug-likeness (QED) is 0.723. The van der Waals surface area contributed by atoms with Crippen LogP contribution in [0, 0.1) is 11.3 Å². The Kier molecular flexibility index (Phi) is 3.46. The standard InChI is InChI=1S/C16H11BrN4/c17-13-6-5-11(8-18)16(7-13)21-10-12(9-20-21)14-3-1-2-4-15(14)19/h1-7,9-10H,19H2. The molecule has 1 heterocycles. The number of nitriles is 1. The van der Waals surface area contributed by atoms with E-state index in [1.54, 1.807) is 16.9 Å². The van der Waals surface area contributed by atoms with Crippen molar-refractivity contribution < 1.29 is 0 Å². The molecule has 0 aliphatic rings. The molecular weight excluding hydrogens is 328 g/mol. The predicted molar refractivity (Wildman–Crippen MR) is 85.8 cm³/mol. The Bertz CT molecular complexity index is 845. The zero-order chi connectivity index (χ0) is 14.8. The molecular formula is C16H11BrN4. The molecule has 0 unspecified atom stereocenters. The maximum atomic E-state index is 9.21. The second kappa shape index (κ2) is 5.43. The Labute approximate surface area is 130 Å². The number of benzene rings is 2. The first-order valence-electron chi connectivity index (χ1n) is 6.28. The summed E-state index contributed by atoms with van der Waals surface area (Å²) in [7, 11) is 0. The van der Waals surface area contributed by atoms with Gasteiger partial charge in [-0.2, -0.15) is 10.4 Å². The van der Waals surface area contributed by atoms with Gasteiger partial charge in [0.05, 0.1) is 17.4 Å². The molecule has 4 nitrogen and oxygen atoms in total. The lowest BCUT2D eigenvalue weighted by Gasteiger charge is -2.05. The number of nitrogens with two attached hydrogens (primary N) is 1. The molecule has 102 valence electrons. The third-order valence-corrected chi connectivity index (χ3v) is 3.67. The zero-order valence-electron chi connectivity index (χ0n) is 11.0. The summed E-state index contributed by atoms with van der Waals surface area (Å²) in [5.41, 5.74) is 9.82. The maximum absolute atomic E-state index is 9.21. The molecule has 1 aromatic heterocycles. The van der Waals surface area contributed by atoms with Gasteiger partial charge in [-0.15, -0.1) is 0 Å². The van der Waals surface area contributed by atoms with Crippen LogP contribution in [0.3, 0.4) is 0 Å². The molecule has 2 N–H and O–H groups in total. The molecule has 21 heavy (non-hydrogen) atoms. The maximum Gasteiger partial charge on any atom is 0.101 e. The number of hydrogen-bond acceptors (Lipinski definition) is 3. The summed E-state index contributed by atoms with van der Waals surface area (Å²) in [5.74, 6) is 0. The number of nitrogen functional groups attached to an aromatic ring is 1. The summed E-state index contributed by atoms with van der Waals surface area (Å²) in [6, 6.07) is 15.3. The Morgan fingerprint density at radius 1 is 1.19 bits per heavy atom. The normalized spacial score (nSPS) is 10.3. The lowest BCUT2D eigenvalue weighted by Crippen LogP contribution is -1.97. The van der Waals surface area contributed by atoms with Gasteiger partial charge in [-0.05, 0) is 24.3 Å². The van der Waals surface area contributed by atoms with E-state index in [0.29, 0.717) is 11.3 Å². The first-order valence-corrected chi connectivity index (χ1v) is 7.08. The number of hydrogen-bond donors (Lipinski definition) is 1. The van der Waals surface area contributed by atoms with Crippen molar-refractivity contribution in [1.29, 1.82) is 5.26 Å². The Hall–Kier alpha value is -2.58. The smallest absolute Gasteiger partial charge is 0.101 e. The van der Waals surface area contributed by atoms with Crippen molar-refractivity contribution in [3.63, 3.8) is 0 Å². The first kappa shape index (κ1) is 13.4. The molecule has 0 aliphatic heterocycles. The van der Waals surface area contributed by atoms with E-state index in [4.69, 9.17) is 5.73 Å². The summed E-state index contributed by atoms with van der Waals surface area (Å²) in [6.45, 7) is 0. The van der Waals surface area contributed by atoms with E-state index < -0.39 is 0 Å². The van der Waals surface area contributed by atoms with Gasteiger partial charge in [0.2, 0.25) is 0 Å². The number of nitrogens with zero attached hydrogens (tertiary/aromatic N) is 3. The molecule has 0 spiro atoms. The van der Waals surface area contributed by atoms with Gasteiger partial charge in [-0.3, -0.25) is 0 Å². The topological polar surface area (TPSA) is 67.6 Å². The van der Waals surface area contributed by atoms with Gasteiger partial charge >= 0.3 is 0 Å². The van der Waals surface area contributed by atoms with E-state index in [0.717, 1.165) is 21.3 Å². The monoisotopic (exact) mass is 338 g/mol. The minimum absolute atomic E-state index is 0.564. The Morgan fingerprint density at radius 3 is 2.76 bits per heavy atom. The van der Waals surface area contributed by atoms with Crippen LogP contribution < -0.4 is 5.73 Å². The summed E-state index contributed by atoms with van der Waals surface area (Å²) in [4.78, 5) is 0. The van der Waals surface area contributed by atoms with Gasteiger partial charge in [0.15, 0.2) is 0 Å². The van der Waals surface area contributed by atoms with Crippen molar-refractivity contribution >= 4 is 21.6 Å². The number of para-hydroxylation sites is 1. The van der Waals surface area contributed by atoms with Crippen molar-refractivity contribution in [1.82, 2.24) is 9.78 Å². The number of anilines is 1. The molecule has 0 saturated carbocycles. The summed E-state index contributed by atoms with van der Waals surface area (Å²) in [5, 5.41) is 13.6. The number of halogens is 1. The van der Waals surface area contributed by atoms with E-state index in [1.807, 2.05) is 42.6 Å². The van der Waals surface area contributed by atoms with E-state index in [9.17, 15) is 5.26 Å². The van der Waals surface area contributed by atoms with Gasteiger partial charge in [-0.1, -0.05) is 34.1 Å². The number of aromatic nitrogens is 2. The molecule has 3 aromatic rings. The average Bonchev–Trinajstić information content (AvgIpc) is 2.97. The van der Waals surface area contributed by atoms with Crippen molar-refractivity contribution in [2.45, 2.75) is 0 Å². The lowest BCUT2D eigenvalue weighted by molar-refractivity contribution is 0.877. The SMILES string of the molecule is N#Cc1ccc(Br)cc1-n1cc(-c2ccccc2N)cn1. The second-order valence-electron chi connectivity index (χ2n) is 4.53. The highest BCUT2D eigenvalue weighted by Crippen LogP contribution is 2.27. The lowest BCUT2D eigenvalue weighted by atomic mass is 10.1. The zero-order valence-corrected chi connectivity index (χ0v) is 12.6. The molecule has 0 radical (unpaired) electrons. The molecule has 2 aromatic carbocycles. The van der Waals surface area contributed by atoms with Gasteiger partial charge in [0.25, 0.3) is 0 Å². The highest BCUT2D eigenvalue weighted by Gasteiger charge is 2.09. The van der Waals surface area contributed by atoms with Crippen LogP contribution in [-0.2, 0) is 0 Å². The fourth-order valence-electron chi connectivity index (χ4n) is 2.14.